The predicted octanol–water partition coefficient (Wildman–Crippen LogP) is -0.107. The second kappa shape index (κ2) is 5.88. The van der Waals surface area contributed by atoms with Crippen molar-refractivity contribution in [3.63, 3.8) is 0 Å². The van der Waals surface area contributed by atoms with Crippen LogP contribution in [-0.4, -0.2) is 63.6 Å². The summed E-state index contributed by atoms with van der Waals surface area (Å²) in [6.45, 7) is 3.82. The number of pyridine rings is 1. The van der Waals surface area contributed by atoms with E-state index in [9.17, 15) is 0 Å². The molecule has 3 heterocycles. The topological polar surface area (TPSA) is 104 Å². The van der Waals surface area contributed by atoms with E-state index in [0.717, 1.165) is 37.4 Å². The lowest BCUT2D eigenvalue weighted by atomic mass is 10.2. The second-order valence-electron chi connectivity index (χ2n) is 4.93. The quantitative estimate of drug-likeness (QED) is 0.351. The van der Waals surface area contributed by atoms with Gasteiger partial charge in [0.25, 0.3) is 0 Å². The van der Waals surface area contributed by atoms with E-state index in [2.05, 4.69) is 29.9 Å². The van der Waals surface area contributed by atoms with Gasteiger partial charge < -0.3 is 15.8 Å². The van der Waals surface area contributed by atoms with E-state index in [4.69, 9.17) is 10.9 Å². The number of amidine groups is 1. The van der Waals surface area contributed by atoms with Crippen molar-refractivity contribution < 1.29 is 5.21 Å². The van der Waals surface area contributed by atoms with Gasteiger partial charge >= 0.3 is 0 Å². The van der Waals surface area contributed by atoms with Crippen LogP contribution in [0.25, 0.3) is 11.0 Å². The third kappa shape index (κ3) is 2.84. The molecule has 0 atom stereocenters. The number of anilines is 1. The minimum Gasteiger partial charge on any atom is -0.409 e. The van der Waals surface area contributed by atoms with Crippen LogP contribution in [0.15, 0.2) is 29.8 Å². The van der Waals surface area contributed by atoms with Crippen molar-refractivity contribution in [1.29, 1.82) is 0 Å². The van der Waals surface area contributed by atoms with Gasteiger partial charge in [-0.05, 0) is 12.1 Å². The van der Waals surface area contributed by atoms with Gasteiger partial charge in [0.2, 0.25) is 0 Å². The number of hydrogen-bond donors (Lipinski definition) is 2. The minimum absolute atomic E-state index is 0.236. The van der Waals surface area contributed by atoms with Crippen LogP contribution >= 0.6 is 0 Å². The molecule has 8 nitrogen and oxygen atoms in total. The number of nitrogens with zero attached hydrogens (tertiary/aromatic N) is 6. The zero-order valence-electron chi connectivity index (χ0n) is 11.6. The molecule has 0 amide bonds. The van der Waals surface area contributed by atoms with Crippen molar-refractivity contribution in [3.8, 4) is 0 Å². The van der Waals surface area contributed by atoms with Gasteiger partial charge in [0, 0.05) is 32.4 Å². The van der Waals surface area contributed by atoms with Crippen molar-refractivity contribution in [3.05, 3.63) is 24.7 Å². The highest BCUT2D eigenvalue weighted by Crippen LogP contribution is 2.22. The Morgan fingerprint density at radius 1 is 1.24 bits per heavy atom. The highest BCUT2D eigenvalue weighted by Gasteiger charge is 2.20. The minimum atomic E-state index is 0.236. The summed E-state index contributed by atoms with van der Waals surface area (Å²) in [5.41, 5.74) is 6.25. The fourth-order valence-electron chi connectivity index (χ4n) is 2.51. The Hall–Kier alpha value is -2.48. The predicted molar refractivity (Wildman–Crippen MR) is 79.4 cm³/mol. The molecule has 3 rings (SSSR count). The van der Waals surface area contributed by atoms with Crippen molar-refractivity contribution in [2.45, 2.75) is 0 Å². The number of hydrogen-bond acceptors (Lipinski definition) is 7. The molecule has 110 valence electrons. The largest absolute Gasteiger partial charge is 0.409 e. The normalized spacial score (nSPS) is 17.3. The van der Waals surface area contributed by atoms with Crippen LogP contribution in [0, 0.1) is 0 Å². The van der Waals surface area contributed by atoms with E-state index in [1.54, 1.807) is 12.5 Å². The van der Waals surface area contributed by atoms with Crippen LogP contribution in [0.1, 0.15) is 0 Å². The van der Waals surface area contributed by atoms with Gasteiger partial charge in [-0.2, -0.15) is 0 Å². The summed E-state index contributed by atoms with van der Waals surface area (Å²) in [6, 6.07) is 3.88. The van der Waals surface area contributed by atoms with Crippen LogP contribution in [0.4, 0.5) is 5.82 Å². The maximum absolute atomic E-state index is 8.62. The van der Waals surface area contributed by atoms with Gasteiger partial charge in [-0.25, -0.2) is 15.0 Å². The molecule has 0 spiro atoms. The molecule has 1 fully saturated rings. The Morgan fingerprint density at radius 3 is 2.81 bits per heavy atom. The maximum atomic E-state index is 8.62. The Bertz CT molecular complexity index is 647. The van der Waals surface area contributed by atoms with Gasteiger partial charge in [0.15, 0.2) is 11.5 Å². The molecular formula is C13H17N7O. The molecular weight excluding hydrogens is 270 g/mol. The number of oxime groups is 1. The molecule has 21 heavy (non-hydrogen) atoms. The van der Waals surface area contributed by atoms with E-state index < -0.39 is 0 Å². The van der Waals surface area contributed by atoms with E-state index in [1.165, 1.54) is 0 Å². The number of rotatable bonds is 3. The summed E-state index contributed by atoms with van der Waals surface area (Å²) in [7, 11) is 0. The first-order valence-electron chi connectivity index (χ1n) is 6.77. The molecule has 1 saturated heterocycles. The summed E-state index contributed by atoms with van der Waals surface area (Å²) >= 11 is 0. The van der Waals surface area contributed by atoms with E-state index in [-0.39, 0.29) is 5.84 Å². The average molecular weight is 287 g/mol. The van der Waals surface area contributed by atoms with Gasteiger partial charge in [-0.15, -0.1) is 0 Å². The highest BCUT2D eigenvalue weighted by atomic mass is 16.4. The molecule has 0 aromatic carbocycles. The second-order valence-corrected chi connectivity index (χ2v) is 4.93. The van der Waals surface area contributed by atoms with E-state index >= 15 is 0 Å². The van der Waals surface area contributed by atoms with Gasteiger partial charge in [-0.1, -0.05) is 5.16 Å². The van der Waals surface area contributed by atoms with E-state index in [1.807, 2.05) is 12.1 Å². The summed E-state index contributed by atoms with van der Waals surface area (Å²) in [5.74, 6) is 1.15. The van der Waals surface area contributed by atoms with Crippen molar-refractivity contribution in [1.82, 2.24) is 19.9 Å². The zero-order valence-corrected chi connectivity index (χ0v) is 11.6. The summed E-state index contributed by atoms with van der Waals surface area (Å²) < 4.78 is 0. The van der Waals surface area contributed by atoms with Gasteiger partial charge in [0.05, 0.1) is 11.9 Å². The van der Waals surface area contributed by atoms with Crippen molar-refractivity contribution in [2.75, 3.05) is 37.6 Å². The molecule has 8 heteroatoms. The van der Waals surface area contributed by atoms with Crippen molar-refractivity contribution >= 4 is 22.7 Å². The monoisotopic (exact) mass is 287 g/mol. The van der Waals surface area contributed by atoms with E-state index in [0.29, 0.717) is 12.2 Å². The standard InChI is InChI=1S/C13H17N7O/c14-11(18-21)8-19-4-6-20(7-5-19)13-10-2-1-3-15-12(10)16-9-17-13/h1-3,9,21H,4-8H2,(H2,14,18). The summed E-state index contributed by atoms with van der Waals surface area (Å²) in [4.78, 5) is 17.2. The van der Waals surface area contributed by atoms with Crippen LogP contribution in [0.5, 0.6) is 0 Å². The highest BCUT2D eigenvalue weighted by molar-refractivity contribution is 5.86. The smallest absolute Gasteiger partial charge is 0.164 e. The van der Waals surface area contributed by atoms with Crippen molar-refractivity contribution in [2.24, 2.45) is 10.9 Å². The summed E-state index contributed by atoms with van der Waals surface area (Å²) in [5, 5.41) is 12.6. The third-order valence-corrected chi connectivity index (χ3v) is 3.57. The lowest BCUT2D eigenvalue weighted by molar-refractivity contribution is 0.278. The van der Waals surface area contributed by atoms with Crippen LogP contribution in [-0.2, 0) is 0 Å². The fraction of sp³-hybridized carbons (Fsp3) is 0.385. The molecule has 0 radical (unpaired) electrons. The number of aromatic nitrogens is 3. The number of nitrogens with two attached hydrogens (primary N) is 1. The number of piperazine rings is 1. The first-order chi connectivity index (χ1) is 10.3. The molecule has 2 aromatic heterocycles. The lowest BCUT2D eigenvalue weighted by Gasteiger charge is -2.35. The zero-order chi connectivity index (χ0) is 14.7. The van der Waals surface area contributed by atoms with Gasteiger partial charge in [-0.3, -0.25) is 4.90 Å². The Labute approximate surface area is 121 Å². The average Bonchev–Trinajstić information content (AvgIpc) is 2.55. The molecule has 0 bridgehead atoms. The fourth-order valence-corrected chi connectivity index (χ4v) is 2.51. The molecule has 0 aliphatic carbocycles. The van der Waals surface area contributed by atoms with Gasteiger partial charge in [0.1, 0.15) is 12.1 Å². The van der Waals surface area contributed by atoms with Crippen LogP contribution in [0.2, 0.25) is 0 Å². The maximum Gasteiger partial charge on any atom is 0.164 e. The molecule has 3 N–H and O–H groups in total. The first-order valence-corrected chi connectivity index (χ1v) is 6.77. The van der Waals surface area contributed by atoms with Crippen LogP contribution in [0.3, 0.4) is 0 Å². The molecule has 0 unspecified atom stereocenters. The molecule has 1 aliphatic heterocycles. The summed E-state index contributed by atoms with van der Waals surface area (Å²) in [6.07, 6.45) is 3.28. The Morgan fingerprint density at radius 2 is 2.05 bits per heavy atom. The molecule has 2 aromatic rings. The van der Waals surface area contributed by atoms with Crippen LogP contribution < -0.4 is 10.6 Å². The number of fused-ring (bicyclic) bond motifs is 1. The Kier molecular flexibility index (Phi) is 3.78. The molecule has 1 aliphatic rings. The lowest BCUT2D eigenvalue weighted by Crippen LogP contribution is -2.49. The third-order valence-electron chi connectivity index (χ3n) is 3.57. The SMILES string of the molecule is NC(CN1CCN(c2ncnc3ncccc23)CC1)=NO. The Balaban J connectivity index is 1.74. The molecule has 0 saturated carbocycles. The first kappa shape index (κ1) is 13.5.